The molecule has 1 amide bonds. The molecule has 0 bridgehead atoms. The van der Waals surface area contributed by atoms with Crippen molar-refractivity contribution in [3.05, 3.63) is 52.9 Å². The summed E-state index contributed by atoms with van der Waals surface area (Å²) in [6, 6.07) is 7.78. The van der Waals surface area contributed by atoms with E-state index >= 15 is 0 Å². The van der Waals surface area contributed by atoms with E-state index < -0.39 is 11.7 Å². The Balaban J connectivity index is 1.66. The molecule has 0 atom stereocenters. The summed E-state index contributed by atoms with van der Waals surface area (Å²) in [5.41, 5.74) is 0.337. The number of piperazine rings is 1. The van der Waals surface area contributed by atoms with Crippen LogP contribution in [0.5, 0.6) is 0 Å². The van der Waals surface area contributed by atoms with Gasteiger partial charge in [-0.05, 0) is 30.8 Å². The first-order valence-corrected chi connectivity index (χ1v) is 8.65. The SMILES string of the molecule is CCN1CCN(c2ccc(NC(=O)c3c(F)cccc3Cl)cn2)CC1. The Labute approximate surface area is 151 Å². The average molecular weight is 363 g/mol. The molecular formula is C18H20ClFN4O. The zero-order valence-corrected chi connectivity index (χ0v) is 14.8. The molecule has 0 saturated carbocycles. The minimum atomic E-state index is -0.650. The van der Waals surface area contributed by atoms with Crippen LogP contribution in [0.15, 0.2) is 36.5 Å². The number of nitrogens with zero attached hydrogens (tertiary/aromatic N) is 3. The molecule has 5 nitrogen and oxygen atoms in total. The fraction of sp³-hybridized carbons (Fsp3) is 0.333. The minimum absolute atomic E-state index is 0.0795. The third-order valence-corrected chi connectivity index (χ3v) is 4.65. The molecule has 1 aliphatic heterocycles. The number of benzene rings is 1. The van der Waals surface area contributed by atoms with Crippen LogP contribution in [0.3, 0.4) is 0 Å². The molecule has 0 spiro atoms. The van der Waals surface area contributed by atoms with Crippen LogP contribution in [0.4, 0.5) is 15.9 Å². The van der Waals surface area contributed by atoms with Gasteiger partial charge in [0.25, 0.3) is 5.91 Å². The van der Waals surface area contributed by atoms with Crippen molar-refractivity contribution in [1.29, 1.82) is 0 Å². The first kappa shape index (κ1) is 17.6. The fourth-order valence-electron chi connectivity index (χ4n) is 2.85. The predicted octanol–water partition coefficient (Wildman–Crippen LogP) is 3.27. The van der Waals surface area contributed by atoms with Crippen molar-refractivity contribution < 1.29 is 9.18 Å². The van der Waals surface area contributed by atoms with E-state index in [1.54, 1.807) is 12.3 Å². The third kappa shape index (κ3) is 4.08. The van der Waals surface area contributed by atoms with Crippen molar-refractivity contribution in [2.45, 2.75) is 6.92 Å². The maximum absolute atomic E-state index is 13.8. The van der Waals surface area contributed by atoms with Gasteiger partial charge in [-0.15, -0.1) is 0 Å². The Kier molecular flexibility index (Phi) is 5.50. The lowest BCUT2D eigenvalue weighted by Gasteiger charge is -2.34. The molecule has 3 rings (SSSR count). The summed E-state index contributed by atoms with van der Waals surface area (Å²) in [5, 5.41) is 2.71. The van der Waals surface area contributed by atoms with Crippen molar-refractivity contribution >= 4 is 29.0 Å². The smallest absolute Gasteiger partial charge is 0.260 e. The van der Waals surface area contributed by atoms with Crippen LogP contribution in [0.2, 0.25) is 5.02 Å². The maximum Gasteiger partial charge on any atom is 0.260 e. The van der Waals surface area contributed by atoms with Crippen LogP contribution < -0.4 is 10.2 Å². The lowest BCUT2D eigenvalue weighted by atomic mass is 10.2. The third-order valence-electron chi connectivity index (χ3n) is 4.34. The standard InChI is InChI=1S/C18H20ClFN4O/c1-2-23-8-10-24(11-9-23)16-7-6-13(12-21-16)22-18(25)17-14(19)4-3-5-15(17)20/h3-7,12H,2,8-11H2,1H3,(H,22,25). The van der Waals surface area contributed by atoms with Crippen LogP contribution in [0, 0.1) is 5.82 Å². The number of pyridine rings is 1. The zero-order chi connectivity index (χ0) is 17.8. The first-order chi connectivity index (χ1) is 12.1. The quantitative estimate of drug-likeness (QED) is 0.906. The Morgan fingerprint density at radius 2 is 2.00 bits per heavy atom. The summed E-state index contributed by atoms with van der Waals surface area (Å²) in [5.74, 6) is -0.365. The highest BCUT2D eigenvalue weighted by molar-refractivity contribution is 6.34. The second kappa shape index (κ2) is 7.80. The lowest BCUT2D eigenvalue weighted by Crippen LogP contribution is -2.46. The van der Waals surface area contributed by atoms with Gasteiger partial charge in [0.05, 0.1) is 22.5 Å². The largest absolute Gasteiger partial charge is 0.354 e. The number of nitrogens with one attached hydrogen (secondary N) is 1. The molecule has 1 N–H and O–H groups in total. The Morgan fingerprint density at radius 1 is 1.24 bits per heavy atom. The fourth-order valence-corrected chi connectivity index (χ4v) is 3.10. The molecule has 1 aromatic heterocycles. The topological polar surface area (TPSA) is 48.5 Å². The van der Waals surface area contributed by atoms with Crippen molar-refractivity contribution in [1.82, 2.24) is 9.88 Å². The Hall–Kier alpha value is -2.18. The molecule has 1 fully saturated rings. The molecule has 1 aromatic carbocycles. The van der Waals surface area contributed by atoms with E-state index in [1.807, 2.05) is 6.07 Å². The molecule has 25 heavy (non-hydrogen) atoms. The van der Waals surface area contributed by atoms with Crippen LogP contribution in [-0.4, -0.2) is 48.5 Å². The van der Waals surface area contributed by atoms with E-state index in [0.717, 1.165) is 38.5 Å². The van der Waals surface area contributed by atoms with E-state index in [4.69, 9.17) is 11.6 Å². The summed E-state index contributed by atoms with van der Waals surface area (Å²) in [4.78, 5) is 21.2. The van der Waals surface area contributed by atoms with Gasteiger partial charge >= 0.3 is 0 Å². The molecule has 2 aromatic rings. The average Bonchev–Trinajstić information content (AvgIpc) is 2.62. The second-order valence-corrected chi connectivity index (χ2v) is 6.28. The minimum Gasteiger partial charge on any atom is -0.354 e. The Bertz CT molecular complexity index is 725. The molecule has 0 unspecified atom stereocenters. The van der Waals surface area contributed by atoms with Crippen LogP contribution in [0.25, 0.3) is 0 Å². The monoisotopic (exact) mass is 362 g/mol. The van der Waals surface area contributed by atoms with Crippen LogP contribution in [0.1, 0.15) is 17.3 Å². The number of halogens is 2. The molecule has 132 valence electrons. The Morgan fingerprint density at radius 3 is 2.60 bits per heavy atom. The number of likely N-dealkylation sites (N-methyl/N-ethyl adjacent to an activating group) is 1. The van der Waals surface area contributed by atoms with Gasteiger partial charge in [-0.1, -0.05) is 24.6 Å². The van der Waals surface area contributed by atoms with Gasteiger partial charge in [0.2, 0.25) is 0 Å². The van der Waals surface area contributed by atoms with E-state index in [1.165, 1.54) is 18.2 Å². The van der Waals surface area contributed by atoms with Gasteiger partial charge in [0.15, 0.2) is 0 Å². The number of carbonyl (C=O) groups is 1. The maximum atomic E-state index is 13.8. The first-order valence-electron chi connectivity index (χ1n) is 8.27. The van der Waals surface area contributed by atoms with Crippen molar-refractivity contribution in [3.8, 4) is 0 Å². The molecule has 1 saturated heterocycles. The van der Waals surface area contributed by atoms with Gasteiger partial charge in [0.1, 0.15) is 11.6 Å². The van der Waals surface area contributed by atoms with Gasteiger partial charge in [-0.2, -0.15) is 0 Å². The summed E-state index contributed by atoms with van der Waals surface area (Å²) < 4.78 is 13.8. The van der Waals surface area contributed by atoms with Crippen LogP contribution >= 0.6 is 11.6 Å². The summed E-state index contributed by atoms with van der Waals surface area (Å²) in [6.07, 6.45) is 1.58. The number of hydrogen-bond donors (Lipinski definition) is 1. The van der Waals surface area contributed by atoms with E-state index in [9.17, 15) is 9.18 Å². The summed E-state index contributed by atoms with van der Waals surface area (Å²) in [6.45, 7) is 7.11. The zero-order valence-electron chi connectivity index (χ0n) is 14.0. The van der Waals surface area contributed by atoms with E-state index in [0.29, 0.717) is 5.69 Å². The number of rotatable bonds is 4. The van der Waals surface area contributed by atoms with Crippen molar-refractivity contribution in [2.75, 3.05) is 42.9 Å². The highest BCUT2D eigenvalue weighted by atomic mass is 35.5. The van der Waals surface area contributed by atoms with Crippen molar-refractivity contribution in [3.63, 3.8) is 0 Å². The van der Waals surface area contributed by atoms with Gasteiger partial charge < -0.3 is 15.1 Å². The molecule has 0 aliphatic carbocycles. The molecule has 1 aliphatic rings. The van der Waals surface area contributed by atoms with Crippen molar-refractivity contribution in [2.24, 2.45) is 0 Å². The lowest BCUT2D eigenvalue weighted by molar-refractivity contribution is 0.102. The highest BCUT2D eigenvalue weighted by Crippen LogP contribution is 2.21. The normalized spacial score (nSPS) is 15.2. The highest BCUT2D eigenvalue weighted by Gasteiger charge is 2.18. The number of carbonyl (C=O) groups excluding carboxylic acids is 1. The molecule has 2 heterocycles. The molecule has 7 heteroatoms. The molecular weight excluding hydrogens is 343 g/mol. The van der Waals surface area contributed by atoms with Gasteiger partial charge in [-0.3, -0.25) is 4.79 Å². The second-order valence-electron chi connectivity index (χ2n) is 5.88. The van der Waals surface area contributed by atoms with E-state index in [2.05, 4.69) is 27.0 Å². The number of hydrogen-bond acceptors (Lipinski definition) is 4. The van der Waals surface area contributed by atoms with E-state index in [-0.39, 0.29) is 10.6 Å². The number of anilines is 2. The van der Waals surface area contributed by atoms with Gasteiger partial charge in [-0.25, -0.2) is 9.37 Å². The number of aromatic nitrogens is 1. The predicted molar refractivity (Wildman–Crippen MR) is 97.9 cm³/mol. The molecule has 0 radical (unpaired) electrons. The summed E-state index contributed by atoms with van der Waals surface area (Å²) in [7, 11) is 0. The number of amides is 1. The van der Waals surface area contributed by atoms with Gasteiger partial charge in [0, 0.05) is 26.2 Å². The van der Waals surface area contributed by atoms with Crippen LogP contribution in [-0.2, 0) is 0 Å². The summed E-state index contributed by atoms with van der Waals surface area (Å²) >= 11 is 5.91.